The van der Waals surface area contributed by atoms with Gasteiger partial charge in [-0.2, -0.15) is 0 Å². The summed E-state index contributed by atoms with van der Waals surface area (Å²) in [6.45, 7) is 3.60. The largest absolute Gasteiger partial charge is 0.394 e. The van der Waals surface area contributed by atoms with Gasteiger partial charge in [-0.25, -0.2) is 0 Å². The SMILES string of the molecule is CCCCCCCCCCCCCCCCCCCC[C@@H](O)C(=O)N[C@@H](CO[C@H]1O[C@H](CO)[C@H](O[C@H]2O[C@H](CO)[C@@H](O)[C@H](O)[C@H]2NC(C)=O)[C@H](O)[C@H]1O)[C@H](O)[C@H](O)CCCCCCCCCCCCCCCCC. The summed E-state index contributed by atoms with van der Waals surface area (Å²) in [5, 5.41) is 102. The molecule has 0 bridgehead atoms. The molecular weight excluding hydrogens is 953 g/mol. The molecule has 2 saturated heterocycles. The van der Waals surface area contributed by atoms with Crippen LogP contribution in [0.4, 0.5) is 0 Å². The first kappa shape index (κ1) is 68.5. The molecule has 0 aromatic rings. The van der Waals surface area contributed by atoms with Gasteiger partial charge in [-0.15, -0.1) is 0 Å². The van der Waals surface area contributed by atoms with Gasteiger partial charge in [-0.1, -0.05) is 226 Å². The van der Waals surface area contributed by atoms with Gasteiger partial charge < -0.3 is 75.5 Å². The van der Waals surface area contributed by atoms with Gasteiger partial charge in [-0.3, -0.25) is 9.59 Å². The van der Waals surface area contributed by atoms with E-state index in [9.17, 15) is 55.5 Å². The molecule has 17 nitrogen and oxygen atoms in total. The number of rotatable bonds is 47. The number of hydrogen-bond donors (Lipinski definition) is 11. The summed E-state index contributed by atoms with van der Waals surface area (Å²) in [5.74, 6) is -1.37. The summed E-state index contributed by atoms with van der Waals surface area (Å²) >= 11 is 0. The fraction of sp³-hybridized carbons (Fsp3) is 0.965. The Labute approximate surface area is 446 Å². The highest BCUT2D eigenvalue weighted by molar-refractivity contribution is 5.80. The van der Waals surface area contributed by atoms with Gasteiger partial charge in [0.15, 0.2) is 12.6 Å². The number of hydrogen-bond acceptors (Lipinski definition) is 15. The quantitative estimate of drug-likeness (QED) is 0.0273. The summed E-state index contributed by atoms with van der Waals surface area (Å²) in [7, 11) is 0. The molecule has 2 heterocycles. The van der Waals surface area contributed by atoms with Gasteiger partial charge in [0.05, 0.1) is 32.0 Å². The molecule has 0 aliphatic carbocycles. The minimum Gasteiger partial charge on any atom is -0.394 e. The van der Waals surface area contributed by atoms with Crippen molar-refractivity contribution >= 4 is 11.8 Å². The van der Waals surface area contributed by atoms with Crippen LogP contribution in [0.1, 0.15) is 245 Å². The fourth-order valence-corrected chi connectivity index (χ4v) is 10.3. The van der Waals surface area contributed by atoms with Gasteiger partial charge in [0.2, 0.25) is 11.8 Å². The average molecular weight is 1060 g/mol. The van der Waals surface area contributed by atoms with Crippen molar-refractivity contribution in [3.05, 3.63) is 0 Å². The van der Waals surface area contributed by atoms with Crippen molar-refractivity contribution in [3.8, 4) is 0 Å². The molecule has 0 unspecified atom stereocenters. The van der Waals surface area contributed by atoms with Crippen LogP contribution in [0.25, 0.3) is 0 Å². The summed E-state index contributed by atoms with van der Waals surface area (Å²) in [4.78, 5) is 25.4. The first-order chi connectivity index (χ1) is 35.8. The zero-order valence-electron chi connectivity index (χ0n) is 46.4. The summed E-state index contributed by atoms with van der Waals surface area (Å²) in [6.07, 6.45) is 21.5. The van der Waals surface area contributed by atoms with Gasteiger partial charge in [0.1, 0.15) is 61.0 Å². The average Bonchev–Trinajstić information content (AvgIpc) is 3.39. The molecule has 0 spiro atoms. The van der Waals surface area contributed by atoms with Crippen molar-refractivity contribution in [2.24, 2.45) is 0 Å². The Bertz CT molecular complexity index is 1350. The molecule has 0 aromatic carbocycles. The van der Waals surface area contributed by atoms with E-state index >= 15 is 0 Å². The van der Waals surface area contributed by atoms with E-state index in [2.05, 4.69) is 24.5 Å². The maximum Gasteiger partial charge on any atom is 0.249 e. The van der Waals surface area contributed by atoms with E-state index in [1.807, 2.05) is 0 Å². The summed E-state index contributed by atoms with van der Waals surface area (Å²) in [6, 6.07) is -2.67. The highest BCUT2D eigenvalue weighted by Crippen LogP contribution is 2.30. The lowest BCUT2D eigenvalue weighted by molar-refractivity contribution is -0.347. The van der Waals surface area contributed by atoms with E-state index in [4.69, 9.17) is 18.9 Å². The number of amides is 2. The third-order valence-electron chi connectivity index (χ3n) is 15.2. The zero-order chi connectivity index (χ0) is 54.4. The van der Waals surface area contributed by atoms with E-state index < -0.39 is 117 Å². The normalized spacial score (nSPS) is 25.9. The Kier molecular flexibility index (Phi) is 40.1. The lowest BCUT2D eigenvalue weighted by atomic mass is 9.95. The zero-order valence-corrected chi connectivity index (χ0v) is 46.4. The predicted octanol–water partition coefficient (Wildman–Crippen LogP) is 7.03. The Balaban J connectivity index is 1.90. The van der Waals surface area contributed by atoms with E-state index in [0.717, 1.165) is 51.9 Å². The Hall–Kier alpha value is -1.58. The molecule has 2 aliphatic rings. The second-order valence-corrected chi connectivity index (χ2v) is 21.8. The number of unbranched alkanes of at least 4 members (excludes halogenated alkanes) is 31. The van der Waals surface area contributed by atoms with Crippen LogP contribution in [-0.2, 0) is 28.5 Å². The number of carbonyl (C=O) groups excluding carboxylic acids is 2. The summed E-state index contributed by atoms with van der Waals surface area (Å²) in [5.41, 5.74) is 0. The molecule has 74 heavy (non-hydrogen) atoms. The molecule has 2 aliphatic heterocycles. The summed E-state index contributed by atoms with van der Waals surface area (Å²) < 4.78 is 23.2. The van der Waals surface area contributed by atoms with E-state index in [-0.39, 0.29) is 12.8 Å². The highest BCUT2D eigenvalue weighted by atomic mass is 16.7. The molecule has 2 amide bonds. The van der Waals surface area contributed by atoms with Crippen LogP contribution in [-0.4, -0.2) is 163 Å². The number of carbonyl (C=O) groups is 2. The van der Waals surface area contributed by atoms with Crippen LogP contribution in [0.15, 0.2) is 0 Å². The van der Waals surface area contributed by atoms with Gasteiger partial charge in [-0.05, 0) is 12.8 Å². The Morgan fingerprint density at radius 3 is 1.30 bits per heavy atom. The van der Waals surface area contributed by atoms with Crippen molar-refractivity contribution in [2.75, 3.05) is 19.8 Å². The number of aliphatic hydroxyl groups is 9. The third-order valence-corrected chi connectivity index (χ3v) is 15.2. The smallest absolute Gasteiger partial charge is 0.249 e. The number of nitrogens with one attached hydrogen (secondary N) is 2. The van der Waals surface area contributed by atoms with Crippen LogP contribution >= 0.6 is 0 Å². The Morgan fingerprint density at radius 1 is 0.500 bits per heavy atom. The van der Waals surface area contributed by atoms with Crippen LogP contribution < -0.4 is 10.6 Å². The molecule has 11 N–H and O–H groups in total. The second kappa shape index (κ2) is 43.3. The number of ether oxygens (including phenoxy) is 4. The van der Waals surface area contributed by atoms with Gasteiger partial charge >= 0.3 is 0 Å². The first-order valence-electron chi connectivity index (χ1n) is 29.9. The monoisotopic (exact) mass is 1060 g/mol. The minimum absolute atomic E-state index is 0.203. The predicted molar refractivity (Wildman–Crippen MR) is 287 cm³/mol. The van der Waals surface area contributed by atoms with Gasteiger partial charge in [0, 0.05) is 6.92 Å². The first-order valence-corrected chi connectivity index (χ1v) is 29.9. The molecular formula is C57H110N2O15. The van der Waals surface area contributed by atoms with Crippen molar-refractivity contribution < 1.29 is 74.5 Å². The second-order valence-electron chi connectivity index (χ2n) is 21.8. The molecule has 0 radical (unpaired) electrons. The maximum absolute atomic E-state index is 13.4. The van der Waals surface area contributed by atoms with Crippen molar-refractivity contribution in [1.29, 1.82) is 0 Å². The van der Waals surface area contributed by atoms with Crippen LogP contribution in [0.2, 0.25) is 0 Å². The topological polar surface area (TPSA) is 277 Å². The lowest BCUT2D eigenvalue weighted by Gasteiger charge is -2.47. The van der Waals surface area contributed by atoms with Crippen LogP contribution in [0.3, 0.4) is 0 Å². The molecule has 2 fully saturated rings. The van der Waals surface area contributed by atoms with E-state index in [1.54, 1.807) is 0 Å². The Morgan fingerprint density at radius 2 is 0.892 bits per heavy atom. The van der Waals surface area contributed by atoms with E-state index in [1.165, 1.54) is 154 Å². The fourth-order valence-electron chi connectivity index (χ4n) is 10.3. The van der Waals surface area contributed by atoms with Crippen molar-refractivity contribution in [2.45, 2.75) is 331 Å². The highest BCUT2D eigenvalue weighted by Gasteiger charge is 2.51. The van der Waals surface area contributed by atoms with Crippen LogP contribution in [0, 0.1) is 0 Å². The van der Waals surface area contributed by atoms with Crippen LogP contribution in [0.5, 0.6) is 0 Å². The third kappa shape index (κ3) is 28.9. The molecule has 17 heteroatoms. The molecule has 0 aromatic heterocycles. The van der Waals surface area contributed by atoms with Crippen molar-refractivity contribution in [1.82, 2.24) is 10.6 Å². The standard InChI is InChI=1S/C57H110N2O15/c1-4-6-8-10-12-14-16-18-20-21-22-24-26-28-30-32-34-36-38-45(64)55(70)59-43(49(65)44(63)37-35-33-31-29-27-25-23-19-17-15-13-11-9-7-5-2)41-71-57-53(69)52(68)54(47(40-61)73-57)74-56-48(58-42(3)62)51(67)50(66)46(39-60)72-56/h43-54,56-57,60-61,63-69H,4-41H2,1-3H3,(H,58,62)(H,59,70)/t43-,44+,45+,46+,47+,48+,49-,50+,51+,52+,53+,54-,56+,57-/m0/s1. The number of aliphatic hydroxyl groups excluding tert-OH is 9. The van der Waals surface area contributed by atoms with E-state index in [0.29, 0.717) is 12.8 Å². The lowest BCUT2D eigenvalue weighted by Crippen LogP contribution is -2.67. The van der Waals surface area contributed by atoms with Crippen molar-refractivity contribution in [3.63, 3.8) is 0 Å². The van der Waals surface area contributed by atoms with Gasteiger partial charge in [0.25, 0.3) is 0 Å². The molecule has 2 rings (SSSR count). The molecule has 438 valence electrons. The minimum atomic E-state index is -1.86. The molecule has 0 saturated carbocycles. The maximum atomic E-state index is 13.4. The molecule has 14 atom stereocenters.